The number of rotatable bonds is 0. The molecule has 0 saturated heterocycles. The summed E-state index contributed by atoms with van der Waals surface area (Å²) in [6.45, 7) is 19.7. The molecule has 11 heteroatoms. The molecule has 0 aliphatic carbocycles. The van der Waals surface area contributed by atoms with E-state index in [2.05, 4.69) is 126 Å². The summed E-state index contributed by atoms with van der Waals surface area (Å²) in [4.78, 5) is 39.1. The van der Waals surface area contributed by atoms with Gasteiger partial charge in [-0.3, -0.25) is 15.0 Å². The molecule has 8 bridgehead atoms. The van der Waals surface area contributed by atoms with Gasteiger partial charge in [-0.25, -0.2) is 20.2 Å². The van der Waals surface area contributed by atoms with E-state index in [1.807, 2.05) is 6.07 Å². The molecule has 0 unspecified atom stereocenters. The third-order valence-electron chi connectivity index (χ3n) is 9.00. The maximum Gasteiger partial charge on any atom is 2.00 e. The van der Waals surface area contributed by atoms with E-state index in [9.17, 15) is 0 Å². The van der Waals surface area contributed by atoms with Gasteiger partial charge in [0, 0.05) is 33.5 Å². The van der Waals surface area contributed by atoms with Crippen molar-refractivity contribution < 1.29 is 16.5 Å². The molecule has 0 saturated carbocycles. The zero-order chi connectivity index (χ0) is 33.7. The second-order valence-electron chi connectivity index (χ2n) is 15.7. The Morgan fingerprint density at radius 2 is 0.816 bits per heavy atom. The molecule has 0 atom stereocenters. The fourth-order valence-corrected chi connectivity index (χ4v) is 6.05. The summed E-state index contributed by atoms with van der Waals surface area (Å²) in [5.41, 5.74) is 7.76. The first-order chi connectivity index (χ1) is 22.6. The van der Waals surface area contributed by atoms with Crippen LogP contribution in [0.1, 0.15) is 79.0 Å². The topological polar surface area (TPSA) is 131 Å². The predicted molar refractivity (Wildman–Crippen MR) is 188 cm³/mol. The van der Waals surface area contributed by atoms with Crippen LogP contribution in [-0.4, -0.2) is 40.1 Å². The maximum absolute atomic E-state index is 5.14. The third-order valence-corrected chi connectivity index (χ3v) is 9.00. The first kappa shape index (κ1) is 32.7. The Hall–Kier alpha value is -4.89. The summed E-state index contributed by atoms with van der Waals surface area (Å²) in [5, 5.41) is 10.2. The van der Waals surface area contributed by atoms with Crippen LogP contribution in [0.2, 0.25) is 0 Å². The monoisotopic (exact) mass is 690 g/mol. The molecule has 49 heavy (non-hydrogen) atoms. The molecule has 248 valence electrons. The summed E-state index contributed by atoms with van der Waals surface area (Å²) >= 11 is 0. The first-order valence-corrected chi connectivity index (χ1v) is 16.2. The summed E-state index contributed by atoms with van der Waals surface area (Å²) < 4.78 is 0. The van der Waals surface area contributed by atoms with Gasteiger partial charge in [-0.2, -0.15) is 0 Å². The molecule has 0 radical (unpaired) electrons. The molecule has 0 fully saturated rings. The SMILES string of the molecule is CC(C)(C)c1ccc2c(c1)-c1nc-2nc2[n-]c(nc3nc(nc4nnc(n1)[n-]4)-c1ccc(C(C)(C)C)cc1-3)c1cc(C(C)(C)C)ccc21.[Ni+2]. The van der Waals surface area contributed by atoms with Crippen molar-refractivity contribution in [3.63, 3.8) is 0 Å². The van der Waals surface area contributed by atoms with E-state index in [0.717, 1.165) is 44.2 Å². The van der Waals surface area contributed by atoms with E-state index >= 15 is 0 Å². The molecule has 3 aromatic carbocycles. The first-order valence-electron chi connectivity index (χ1n) is 16.2. The van der Waals surface area contributed by atoms with Gasteiger partial charge in [0.2, 0.25) is 0 Å². The van der Waals surface area contributed by atoms with Crippen LogP contribution < -0.4 is 9.97 Å². The molecule has 0 amide bonds. The van der Waals surface area contributed by atoms with Gasteiger partial charge in [-0.05, 0) is 61.9 Å². The summed E-state index contributed by atoms with van der Waals surface area (Å²) in [6.07, 6.45) is 0. The molecule has 8 rings (SSSR count). The number of hydrogen-bond acceptors (Lipinski definition) is 8. The van der Waals surface area contributed by atoms with Crippen LogP contribution in [0.15, 0.2) is 54.6 Å². The van der Waals surface area contributed by atoms with E-state index in [1.54, 1.807) is 0 Å². The molecular formula is C38H36N10Ni. The van der Waals surface area contributed by atoms with Crippen molar-refractivity contribution in [2.24, 2.45) is 0 Å². The van der Waals surface area contributed by atoms with Gasteiger partial charge in [0.25, 0.3) is 0 Å². The van der Waals surface area contributed by atoms with Crippen LogP contribution in [0.5, 0.6) is 0 Å². The Bertz CT molecular complexity index is 2470. The van der Waals surface area contributed by atoms with Crippen molar-refractivity contribution in [1.82, 2.24) is 50.1 Å². The van der Waals surface area contributed by atoms with Crippen LogP contribution in [0.4, 0.5) is 0 Å². The quantitative estimate of drug-likeness (QED) is 0.146. The van der Waals surface area contributed by atoms with Crippen molar-refractivity contribution in [1.29, 1.82) is 0 Å². The Morgan fingerprint density at radius 3 is 1.33 bits per heavy atom. The van der Waals surface area contributed by atoms with Gasteiger partial charge in [0.05, 0.1) is 11.6 Å². The molecule has 5 heterocycles. The van der Waals surface area contributed by atoms with Gasteiger partial charge < -0.3 is 15.0 Å². The van der Waals surface area contributed by atoms with Crippen LogP contribution >= 0.6 is 0 Å². The Morgan fingerprint density at radius 1 is 0.408 bits per heavy atom. The van der Waals surface area contributed by atoms with Crippen molar-refractivity contribution in [2.45, 2.75) is 78.6 Å². The molecule has 2 aliphatic heterocycles. The average Bonchev–Trinajstić information content (AvgIpc) is 3.77. The van der Waals surface area contributed by atoms with Gasteiger partial charge in [-0.1, -0.05) is 98.7 Å². The molecule has 2 aliphatic rings. The van der Waals surface area contributed by atoms with Gasteiger partial charge >= 0.3 is 16.5 Å². The fourth-order valence-electron chi connectivity index (χ4n) is 6.05. The minimum absolute atomic E-state index is 0. The normalized spacial score (nSPS) is 12.8. The van der Waals surface area contributed by atoms with Crippen LogP contribution in [0.3, 0.4) is 0 Å². The Kier molecular flexibility index (Phi) is 7.38. The van der Waals surface area contributed by atoms with Crippen molar-refractivity contribution in [2.75, 3.05) is 0 Å². The largest absolute Gasteiger partial charge is 2.00 e. The molecule has 0 spiro atoms. The fraction of sp³-hybridized carbons (Fsp3) is 0.316. The van der Waals surface area contributed by atoms with E-state index < -0.39 is 0 Å². The molecule has 10 nitrogen and oxygen atoms in total. The Balaban J connectivity index is 0.00000378. The number of hydrogen-bond donors (Lipinski definition) is 0. The van der Waals surface area contributed by atoms with Crippen molar-refractivity contribution >= 4 is 33.6 Å². The number of benzene rings is 3. The van der Waals surface area contributed by atoms with Crippen LogP contribution in [0.25, 0.3) is 79.2 Å². The van der Waals surface area contributed by atoms with E-state index in [-0.39, 0.29) is 44.3 Å². The van der Waals surface area contributed by atoms with Gasteiger partial charge in [-0.15, -0.1) is 0 Å². The zero-order valence-corrected chi connectivity index (χ0v) is 30.0. The molecule has 3 aromatic heterocycles. The van der Waals surface area contributed by atoms with Crippen molar-refractivity contribution in [3.05, 3.63) is 71.3 Å². The van der Waals surface area contributed by atoms with Crippen molar-refractivity contribution in [3.8, 4) is 45.6 Å². The third kappa shape index (κ3) is 5.70. The van der Waals surface area contributed by atoms with Gasteiger partial charge in [0.1, 0.15) is 23.2 Å². The second-order valence-corrected chi connectivity index (χ2v) is 15.7. The molecule has 0 N–H and O–H groups in total. The second kappa shape index (κ2) is 11.1. The van der Waals surface area contributed by atoms with E-state index in [0.29, 0.717) is 34.6 Å². The number of aromatic nitrogens is 10. The molecule has 6 aromatic rings. The zero-order valence-electron chi connectivity index (χ0n) is 29.0. The number of nitrogens with zero attached hydrogens (tertiary/aromatic N) is 10. The predicted octanol–water partition coefficient (Wildman–Crippen LogP) is 7.65. The van der Waals surface area contributed by atoms with E-state index in [4.69, 9.17) is 34.9 Å². The van der Waals surface area contributed by atoms with Gasteiger partial charge in [0.15, 0.2) is 0 Å². The van der Waals surface area contributed by atoms with E-state index in [1.165, 1.54) is 5.56 Å². The van der Waals surface area contributed by atoms with Crippen LogP contribution in [-0.2, 0) is 32.7 Å². The minimum Gasteiger partial charge on any atom is -0.357 e. The average molecular weight is 691 g/mol. The van der Waals surface area contributed by atoms with Crippen LogP contribution in [0, 0.1) is 0 Å². The minimum atomic E-state index is -0.0784. The number of fused-ring (bicyclic) bond motifs is 17. The summed E-state index contributed by atoms with van der Waals surface area (Å²) in [7, 11) is 0. The Labute approximate surface area is 294 Å². The molecular weight excluding hydrogens is 655 g/mol. The smallest absolute Gasteiger partial charge is 0.357 e. The maximum atomic E-state index is 5.14. The summed E-state index contributed by atoms with van der Waals surface area (Å²) in [6, 6.07) is 19.0. The summed E-state index contributed by atoms with van der Waals surface area (Å²) in [5.74, 6) is 2.29. The standard InChI is InChI=1S/C38H36N10.Ni/c1-36(2,3)19-10-13-22-25(16-19)31-40-28(22)39-29-23-14-11-21(38(7,8)9)18-27(23)33(41-29)45-35-46-34(47-48-35)44-30-24-15-12-20(37(4,5)6)17-26(24)32(42-30)43-31;/h10-18H,1-9H3;/q-2;+2.